The summed E-state index contributed by atoms with van der Waals surface area (Å²) in [6, 6.07) is 0. The minimum Gasteiger partial charge on any atom is -0.392 e. The summed E-state index contributed by atoms with van der Waals surface area (Å²) in [6.45, 7) is 9.87. The summed E-state index contributed by atoms with van der Waals surface area (Å²) in [5.74, 6) is 0.683. The van der Waals surface area contributed by atoms with Crippen molar-refractivity contribution in [3.63, 3.8) is 0 Å². The van der Waals surface area contributed by atoms with E-state index in [0.717, 1.165) is 11.1 Å². The zero-order valence-corrected chi connectivity index (χ0v) is 9.85. The summed E-state index contributed by atoms with van der Waals surface area (Å²) < 4.78 is 0. The van der Waals surface area contributed by atoms with Gasteiger partial charge in [0.25, 0.3) is 0 Å². The third kappa shape index (κ3) is 4.19. The third-order valence-electron chi connectivity index (χ3n) is 1.80. The van der Waals surface area contributed by atoms with E-state index >= 15 is 0 Å². The Morgan fingerprint density at radius 3 is 2.25 bits per heavy atom. The van der Waals surface area contributed by atoms with Crippen LogP contribution >= 0.6 is 0 Å². The van der Waals surface area contributed by atoms with E-state index in [9.17, 15) is 0 Å². The number of hydrogen-bond donors (Lipinski definition) is 1. The molecule has 0 aliphatic heterocycles. The predicted molar refractivity (Wildman–Crippen MR) is 67.7 cm³/mol. The van der Waals surface area contributed by atoms with Crippen molar-refractivity contribution in [1.29, 1.82) is 0 Å². The van der Waals surface area contributed by atoms with Gasteiger partial charge in [-0.25, -0.2) is 9.97 Å². The Kier molecular flexibility index (Phi) is 7.63. The first-order chi connectivity index (χ1) is 7.81. The normalized spacial score (nSPS) is 11.1. The molecule has 1 aromatic heterocycles. The van der Waals surface area contributed by atoms with Crippen LogP contribution in [-0.4, -0.2) is 15.1 Å². The first-order valence-corrected chi connectivity index (χ1v) is 5.03. The quantitative estimate of drug-likeness (QED) is 0.626. The first kappa shape index (κ1) is 14.3. The molecule has 0 aliphatic carbocycles. The summed E-state index contributed by atoms with van der Waals surface area (Å²) in [5.41, 5.74) is 1.71. The van der Waals surface area contributed by atoms with Gasteiger partial charge in [-0.15, -0.1) is 13.2 Å². The van der Waals surface area contributed by atoms with Crippen molar-refractivity contribution < 1.29 is 5.11 Å². The van der Waals surface area contributed by atoms with Gasteiger partial charge in [0.2, 0.25) is 0 Å². The Hall–Kier alpha value is -1.74. The molecule has 1 aromatic rings. The molecule has 86 valence electrons. The molecule has 16 heavy (non-hydrogen) atoms. The lowest BCUT2D eigenvalue weighted by atomic mass is 10.2. The molecule has 0 unspecified atom stereocenters. The Morgan fingerprint density at radius 1 is 1.31 bits per heavy atom. The number of aliphatic hydroxyl groups is 1. The zero-order valence-electron chi connectivity index (χ0n) is 9.85. The molecule has 1 N–H and O–H groups in total. The van der Waals surface area contributed by atoms with Gasteiger partial charge in [-0.05, 0) is 13.8 Å². The van der Waals surface area contributed by atoms with Crippen molar-refractivity contribution in [3.05, 3.63) is 55.2 Å². The summed E-state index contributed by atoms with van der Waals surface area (Å²) >= 11 is 0. The predicted octanol–water partition coefficient (Wildman–Crippen LogP) is 2.75. The van der Waals surface area contributed by atoms with Crippen LogP contribution in [0.15, 0.2) is 43.8 Å². The molecule has 0 amide bonds. The van der Waals surface area contributed by atoms with Gasteiger partial charge >= 0.3 is 0 Å². The highest BCUT2D eigenvalue weighted by molar-refractivity contribution is 5.68. The SMILES string of the molecule is C/C=C\C(=C/C)c1ncc(CO)cn1.C=C. The molecule has 1 rings (SSSR count). The van der Waals surface area contributed by atoms with Crippen molar-refractivity contribution in [2.75, 3.05) is 0 Å². The molecule has 0 saturated heterocycles. The average Bonchev–Trinajstić information content (AvgIpc) is 2.38. The second-order valence-corrected chi connectivity index (χ2v) is 2.82. The van der Waals surface area contributed by atoms with Crippen LogP contribution in [0.3, 0.4) is 0 Å². The molecule has 1 heterocycles. The number of hydrogen-bond acceptors (Lipinski definition) is 3. The topological polar surface area (TPSA) is 46.0 Å². The highest BCUT2D eigenvalue weighted by atomic mass is 16.3. The first-order valence-electron chi connectivity index (χ1n) is 5.03. The largest absolute Gasteiger partial charge is 0.392 e. The molecule has 0 saturated carbocycles. The number of aliphatic hydroxyl groups excluding tert-OH is 1. The summed E-state index contributed by atoms with van der Waals surface area (Å²) in [6.07, 6.45) is 9.12. The van der Waals surface area contributed by atoms with Crippen LogP contribution in [0.5, 0.6) is 0 Å². The molecule has 0 aliphatic rings. The van der Waals surface area contributed by atoms with Crippen LogP contribution in [0.4, 0.5) is 0 Å². The van der Waals surface area contributed by atoms with Gasteiger partial charge < -0.3 is 5.11 Å². The smallest absolute Gasteiger partial charge is 0.158 e. The second-order valence-electron chi connectivity index (χ2n) is 2.82. The molecule has 0 aromatic carbocycles. The van der Waals surface area contributed by atoms with E-state index in [-0.39, 0.29) is 6.61 Å². The van der Waals surface area contributed by atoms with E-state index in [2.05, 4.69) is 23.1 Å². The maximum Gasteiger partial charge on any atom is 0.158 e. The van der Waals surface area contributed by atoms with Crippen molar-refractivity contribution in [2.24, 2.45) is 0 Å². The lowest BCUT2D eigenvalue weighted by Gasteiger charge is -2.00. The number of rotatable bonds is 3. The van der Waals surface area contributed by atoms with Gasteiger partial charge in [0.15, 0.2) is 5.82 Å². The standard InChI is InChI=1S/C11H14N2O.C2H4/c1-3-5-10(4-2)11-12-6-9(8-14)7-13-11;1-2/h3-7,14H,8H2,1-2H3;1-2H2/b5-3-,10-4+;. The minimum atomic E-state index is -0.0188. The van der Waals surface area contributed by atoms with Gasteiger partial charge in [0, 0.05) is 23.5 Å². The maximum absolute atomic E-state index is 8.82. The van der Waals surface area contributed by atoms with Crippen LogP contribution in [0, 0.1) is 0 Å². The van der Waals surface area contributed by atoms with E-state index in [4.69, 9.17) is 5.11 Å². The molecule has 0 bridgehead atoms. The van der Waals surface area contributed by atoms with Gasteiger partial charge in [-0.2, -0.15) is 0 Å². The minimum absolute atomic E-state index is 0.0188. The Bertz CT molecular complexity index is 353. The van der Waals surface area contributed by atoms with Crippen molar-refractivity contribution in [1.82, 2.24) is 9.97 Å². The highest BCUT2D eigenvalue weighted by Gasteiger charge is 1.99. The summed E-state index contributed by atoms with van der Waals surface area (Å²) in [7, 11) is 0. The fourth-order valence-electron chi connectivity index (χ4n) is 1.06. The van der Waals surface area contributed by atoms with E-state index in [1.807, 2.05) is 32.1 Å². The van der Waals surface area contributed by atoms with E-state index in [1.54, 1.807) is 12.4 Å². The molecule has 3 heteroatoms. The fraction of sp³-hybridized carbons (Fsp3) is 0.231. The zero-order chi connectivity index (χ0) is 12.4. The van der Waals surface area contributed by atoms with Crippen LogP contribution in [-0.2, 0) is 6.61 Å². The molecule has 3 nitrogen and oxygen atoms in total. The van der Waals surface area contributed by atoms with Crippen molar-refractivity contribution in [3.8, 4) is 0 Å². The highest BCUT2D eigenvalue weighted by Crippen LogP contribution is 2.10. The molecule has 0 spiro atoms. The van der Waals surface area contributed by atoms with Crippen LogP contribution in [0.2, 0.25) is 0 Å². The van der Waals surface area contributed by atoms with Gasteiger partial charge in [-0.3, -0.25) is 0 Å². The molecule has 0 atom stereocenters. The lowest BCUT2D eigenvalue weighted by Crippen LogP contribution is -1.94. The van der Waals surface area contributed by atoms with E-state index in [1.165, 1.54) is 0 Å². The average molecular weight is 218 g/mol. The lowest BCUT2D eigenvalue weighted by molar-refractivity contribution is 0.281. The molecule has 0 fully saturated rings. The maximum atomic E-state index is 8.82. The molecular weight excluding hydrogens is 200 g/mol. The summed E-state index contributed by atoms with van der Waals surface area (Å²) in [4.78, 5) is 8.30. The van der Waals surface area contributed by atoms with E-state index < -0.39 is 0 Å². The van der Waals surface area contributed by atoms with Gasteiger partial charge in [0.05, 0.1) is 6.61 Å². The number of nitrogens with zero attached hydrogens (tertiary/aromatic N) is 2. The van der Waals surface area contributed by atoms with Crippen LogP contribution < -0.4 is 0 Å². The third-order valence-corrected chi connectivity index (χ3v) is 1.80. The number of aromatic nitrogens is 2. The van der Waals surface area contributed by atoms with E-state index in [0.29, 0.717) is 5.82 Å². The van der Waals surface area contributed by atoms with Crippen LogP contribution in [0.25, 0.3) is 5.57 Å². The van der Waals surface area contributed by atoms with Gasteiger partial charge in [0.1, 0.15) is 0 Å². The number of allylic oxidation sites excluding steroid dienone is 4. The van der Waals surface area contributed by atoms with Gasteiger partial charge in [-0.1, -0.05) is 18.2 Å². The van der Waals surface area contributed by atoms with Crippen LogP contribution in [0.1, 0.15) is 25.2 Å². The second kappa shape index (κ2) is 8.56. The fourth-order valence-corrected chi connectivity index (χ4v) is 1.06. The van der Waals surface area contributed by atoms with Crippen molar-refractivity contribution >= 4 is 5.57 Å². The molecular formula is C13H18N2O. The van der Waals surface area contributed by atoms with Crippen molar-refractivity contribution in [2.45, 2.75) is 20.5 Å². The molecule has 0 radical (unpaired) electrons. The summed E-state index contributed by atoms with van der Waals surface area (Å²) in [5, 5.41) is 8.82. The monoisotopic (exact) mass is 218 g/mol. The Balaban J connectivity index is 0.00000106. The Labute approximate surface area is 96.9 Å². The Morgan fingerprint density at radius 2 is 1.88 bits per heavy atom.